The molecule has 0 radical (unpaired) electrons. The van der Waals surface area contributed by atoms with Crippen LogP contribution in [0.2, 0.25) is 0 Å². The Morgan fingerprint density at radius 3 is 2.78 bits per heavy atom. The number of nitrogens with one attached hydrogen (secondary N) is 1. The van der Waals surface area contributed by atoms with Gasteiger partial charge < -0.3 is 10.3 Å². The van der Waals surface area contributed by atoms with Gasteiger partial charge in [-0.15, -0.1) is 0 Å². The Hall–Kier alpha value is -2.19. The lowest BCUT2D eigenvalue weighted by Crippen LogP contribution is -2.30. The molecule has 2 aliphatic rings. The molecule has 8 heteroatoms. The quantitative estimate of drug-likeness (QED) is 0.719. The highest BCUT2D eigenvalue weighted by Crippen LogP contribution is 2.28. The first-order chi connectivity index (χ1) is 13.0. The number of nitrogen functional groups attached to an aromatic ring is 1. The fourth-order valence-corrected chi connectivity index (χ4v) is 3.28. The van der Waals surface area contributed by atoms with E-state index in [-0.39, 0.29) is 23.0 Å². The monoisotopic (exact) mass is 437 g/mol. The number of fused-ring (bicyclic) bond motifs is 1. The van der Waals surface area contributed by atoms with Gasteiger partial charge in [0.1, 0.15) is 5.82 Å². The first-order valence-electron chi connectivity index (χ1n) is 8.81. The zero-order valence-corrected chi connectivity index (χ0v) is 16.3. The van der Waals surface area contributed by atoms with Crippen molar-refractivity contribution in [3.05, 3.63) is 62.2 Å². The van der Waals surface area contributed by atoms with Crippen molar-refractivity contribution >= 4 is 27.5 Å². The number of halogens is 2. The molecule has 1 aromatic heterocycles. The van der Waals surface area contributed by atoms with Crippen molar-refractivity contribution in [3.63, 3.8) is 0 Å². The number of amides is 1. The second-order valence-corrected chi connectivity index (χ2v) is 7.56. The fourth-order valence-electron chi connectivity index (χ4n) is 2.91. The third-order valence-corrected chi connectivity index (χ3v) is 4.93. The van der Waals surface area contributed by atoms with E-state index in [1.54, 1.807) is 16.7 Å². The third-order valence-electron chi connectivity index (χ3n) is 4.44. The van der Waals surface area contributed by atoms with Gasteiger partial charge in [0.2, 0.25) is 0 Å². The molecule has 1 aliphatic carbocycles. The zero-order valence-electron chi connectivity index (χ0n) is 14.7. The van der Waals surface area contributed by atoms with Crippen molar-refractivity contribution < 1.29 is 14.0 Å². The number of benzene rings is 1. The van der Waals surface area contributed by atoms with Crippen LogP contribution in [0.15, 0.2) is 39.6 Å². The van der Waals surface area contributed by atoms with Gasteiger partial charge >= 0.3 is 0 Å². The number of hydrogen-bond acceptors (Lipinski definition) is 4. The smallest absolute Gasteiger partial charge is 0.278 e. The van der Waals surface area contributed by atoms with E-state index in [0.29, 0.717) is 31.1 Å². The molecule has 144 valence electrons. The lowest BCUT2D eigenvalue weighted by molar-refractivity contribution is 0.0269. The number of nitrogens with two attached hydrogens (primary N) is 1. The zero-order chi connectivity index (χ0) is 19.4. The van der Waals surface area contributed by atoms with E-state index in [1.165, 1.54) is 18.2 Å². The van der Waals surface area contributed by atoms with Crippen molar-refractivity contribution in [1.29, 1.82) is 0 Å². The van der Waals surface area contributed by atoms with Crippen molar-refractivity contribution in [2.45, 2.75) is 32.2 Å². The summed E-state index contributed by atoms with van der Waals surface area (Å²) in [6.45, 7) is 1.19. The first kappa shape index (κ1) is 19.6. The van der Waals surface area contributed by atoms with Gasteiger partial charge in [-0.2, -0.15) is 0 Å². The predicted molar refractivity (Wildman–Crippen MR) is 104 cm³/mol. The van der Waals surface area contributed by atoms with E-state index in [1.807, 2.05) is 0 Å². The Morgan fingerprint density at radius 1 is 1.37 bits per heavy atom. The lowest BCUT2D eigenvalue weighted by atomic mass is 10.1. The molecule has 2 aromatic rings. The van der Waals surface area contributed by atoms with Crippen LogP contribution in [0.4, 0.5) is 10.1 Å². The van der Waals surface area contributed by atoms with E-state index >= 15 is 0 Å². The highest BCUT2D eigenvalue weighted by atomic mass is 79.9. The van der Waals surface area contributed by atoms with Gasteiger partial charge in [-0.25, -0.2) is 9.87 Å². The van der Waals surface area contributed by atoms with E-state index in [2.05, 4.69) is 21.4 Å². The molecule has 4 rings (SSSR count). The van der Waals surface area contributed by atoms with E-state index in [9.17, 15) is 14.0 Å². The van der Waals surface area contributed by atoms with E-state index in [0.717, 1.165) is 29.4 Å². The van der Waals surface area contributed by atoms with Crippen molar-refractivity contribution in [3.8, 4) is 0 Å². The summed E-state index contributed by atoms with van der Waals surface area (Å²) in [5.74, 6) is 0.00456. The fraction of sp³-hybridized carbons (Fsp3) is 0.368. The van der Waals surface area contributed by atoms with Crippen LogP contribution in [-0.4, -0.2) is 17.1 Å². The van der Waals surface area contributed by atoms with Crippen LogP contribution in [0.5, 0.6) is 0 Å². The highest BCUT2D eigenvalue weighted by Gasteiger charge is 2.25. The maximum atomic E-state index is 12.1. The summed E-state index contributed by atoms with van der Waals surface area (Å²) >= 11 is 3.12. The maximum absolute atomic E-state index is 12.1. The SMILES string of the molecule is Fc1cccc(Br)c1.Nc1cc(=O)n2c(c1C(=O)NOCC1CC1)CCC2. The summed E-state index contributed by atoms with van der Waals surface area (Å²) in [4.78, 5) is 29.0. The molecule has 1 saturated carbocycles. The van der Waals surface area contributed by atoms with Crippen LogP contribution in [0.25, 0.3) is 0 Å². The molecule has 0 saturated heterocycles. The van der Waals surface area contributed by atoms with Gasteiger partial charge in [-0.05, 0) is 49.8 Å². The second kappa shape index (κ2) is 8.67. The minimum absolute atomic E-state index is 0.138. The Morgan fingerprint density at radius 2 is 2.15 bits per heavy atom. The van der Waals surface area contributed by atoms with Gasteiger partial charge in [0.25, 0.3) is 11.5 Å². The number of carbonyl (C=O) groups is 1. The van der Waals surface area contributed by atoms with Crippen LogP contribution in [0, 0.1) is 11.7 Å². The average molecular weight is 438 g/mol. The number of rotatable bonds is 4. The minimum atomic E-state index is -0.358. The molecule has 1 amide bonds. The summed E-state index contributed by atoms with van der Waals surface area (Å²) in [6.07, 6.45) is 3.88. The molecule has 0 unspecified atom stereocenters. The molecular formula is C19H21BrFN3O3. The van der Waals surface area contributed by atoms with Gasteiger partial charge in [0, 0.05) is 22.8 Å². The van der Waals surface area contributed by atoms with Crippen molar-refractivity contribution in [1.82, 2.24) is 10.0 Å². The van der Waals surface area contributed by atoms with Crippen molar-refractivity contribution in [2.24, 2.45) is 5.92 Å². The molecule has 0 bridgehead atoms. The first-order valence-corrected chi connectivity index (χ1v) is 9.60. The Bertz CT molecular complexity index is 879. The number of hydroxylamine groups is 1. The molecule has 1 fully saturated rings. The summed E-state index contributed by atoms with van der Waals surface area (Å²) in [6, 6.07) is 7.57. The van der Waals surface area contributed by atoms with Crippen LogP contribution in [-0.2, 0) is 17.8 Å². The standard InChI is InChI=1S/C13H17N3O3.C6H4BrF/c14-9-6-11(17)16-5-1-2-10(16)12(9)13(18)15-19-7-8-3-4-8;7-5-2-1-3-6(8)4-5/h6,8H,1-5,7,14H2,(H,15,18);1-4H. The van der Waals surface area contributed by atoms with Crippen LogP contribution in [0.1, 0.15) is 35.3 Å². The van der Waals surface area contributed by atoms with Gasteiger partial charge in [-0.1, -0.05) is 22.0 Å². The summed E-state index contributed by atoms with van der Waals surface area (Å²) in [5.41, 5.74) is 9.43. The van der Waals surface area contributed by atoms with Crippen LogP contribution >= 0.6 is 15.9 Å². The molecule has 2 heterocycles. The molecule has 3 N–H and O–H groups in total. The second-order valence-electron chi connectivity index (χ2n) is 6.64. The molecule has 0 atom stereocenters. The Labute approximate surface area is 164 Å². The normalized spacial score (nSPS) is 14.9. The van der Waals surface area contributed by atoms with Crippen molar-refractivity contribution in [2.75, 3.05) is 12.3 Å². The summed E-state index contributed by atoms with van der Waals surface area (Å²) < 4.78 is 14.5. The van der Waals surface area contributed by atoms with Gasteiger partial charge in [-0.3, -0.25) is 14.4 Å². The summed E-state index contributed by atoms with van der Waals surface area (Å²) in [7, 11) is 0. The molecule has 27 heavy (non-hydrogen) atoms. The predicted octanol–water partition coefficient (Wildman–Crippen LogP) is 3.04. The van der Waals surface area contributed by atoms with E-state index < -0.39 is 0 Å². The summed E-state index contributed by atoms with van der Waals surface area (Å²) in [5, 5.41) is 0. The molecule has 1 aliphatic heterocycles. The Balaban J connectivity index is 0.000000221. The average Bonchev–Trinajstić information content (AvgIpc) is 3.29. The topological polar surface area (TPSA) is 86.4 Å². The number of pyridine rings is 1. The number of nitrogens with zero attached hydrogens (tertiary/aromatic N) is 1. The highest BCUT2D eigenvalue weighted by molar-refractivity contribution is 9.10. The van der Waals surface area contributed by atoms with Crippen LogP contribution in [0.3, 0.4) is 0 Å². The number of aromatic nitrogens is 1. The van der Waals surface area contributed by atoms with Gasteiger partial charge in [0.15, 0.2) is 0 Å². The van der Waals surface area contributed by atoms with Gasteiger partial charge in [0.05, 0.1) is 17.9 Å². The number of hydrogen-bond donors (Lipinski definition) is 2. The van der Waals surface area contributed by atoms with E-state index in [4.69, 9.17) is 10.6 Å². The lowest BCUT2D eigenvalue weighted by Gasteiger charge is -2.12. The largest absolute Gasteiger partial charge is 0.398 e. The third kappa shape index (κ3) is 5.17. The number of anilines is 1. The molecule has 1 aromatic carbocycles. The Kier molecular flexibility index (Phi) is 6.28. The minimum Gasteiger partial charge on any atom is -0.398 e. The maximum Gasteiger partial charge on any atom is 0.278 e. The molecule has 6 nitrogen and oxygen atoms in total. The van der Waals surface area contributed by atoms with Crippen LogP contribution < -0.4 is 16.8 Å². The molecule has 0 spiro atoms. The molecular weight excluding hydrogens is 417 g/mol. The number of carbonyl (C=O) groups excluding carboxylic acids is 1.